The van der Waals surface area contributed by atoms with Crippen LogP contribution in [0.15, 0.2) is 48.0 Å². The first-order valence-electron chi connectivity index (χ1n) is 7.01. The van der Waals surface area contributed by atoms with E-state index >= 15 is 0 Å². The summed E-state index contributed by atoms with van der Waals surface area (Å²) >= 11 is 1.42. The molecule has 0 spiro atoms. The number of hydrogen-bond acceptors (Lipinski definition) is 5. The predicted octanol–water partition coefficient (Wildman–Crippen LogP) is 2.80. The summed E-state index contributed by atoms with van der Waals surface area (Å²) in [6.07, 6.45) is 4.83. The second kappa shape index (κ2) is 6.81. The van der Waals surface area contributed by atoms with E-state index in [0.717, 1.165) is 22.2 Å². The summed E-state index contributed by atoms with van der Waals surface area (Å²) in [4.78, 5) is 11.5. The summed E-state index contributed by atoms with van der Waals surface area (Å²) in [5.74, 6) is 1.26. The fraction of sp³-hybridized carbons (Fsp3) is 0.250. The van der Waals surface area contributed by atoms with Crippen LogP contribution in [0.25, 0.3) is 10.9 Å². The molecule has 0 aliphatic heterocycles. The normalized spacial score (nSPS) is 12.5. The molecule has 3 rings (SSSR count). The molecule has 0 saturated heterocycles. The van der Waals surface area contributed by atoms with Gasteiger partial charge in [-0.15, -0.1) is 0 Å². The number of hydrogen-bond donors (Lipinski definition) is 2. The molecule has 2 heterocycles. The Morgan fingerprint density at radius 3 is 2.91 bits per heavy atom. The van der Waals surface area contributed by atoms with Gasteiger partial charge in [-0.05, 0) is 30.7 Å². The van der Waals surface area contributed by atoms with Crippen molar-refractivity contribution in [2.24, 2.45) is 0 Å². The van der Waals surface area contributed by atoms with Crippen LogP contribution >= 0.6 is 11.8 Å². The van der Waals surface area contributed by atoms with Gasteiger partial charge in [0.1, 0.15) is 12.4 Å². The van der Waals surface area contributed by atoms with Crippen LogP contribution in [0.1, 0.15) is 5.56 Å². The number of ether oxygens (including phenoxy) is 1. The lowest BCUT2D eigenvalue weighted by Crippen LogP contribution is -2.20. The standard InChI is InChI=1S/C16H17N3O2S/c1-11-7-18-16(19-8-11)22-10-12(20)9-21-15-4-2-3-14-13(15)5-6-17-14/h2-8,12,17,20H,9-10H2,1H3. The maximum Gasteiger partial charge on any atom is 0.187 e. The van der Waals surface area contributed by atoms with Gasteiger partial charge in [-0.1, -0.05) is 17.8 Å². The van der Waals surface area contributed by atoms with Gasteiger partial charge in [0.05, 0.1) is 6.10 Å². The Bertz CT molecular complexity index is 742. The predicted molar refractivity (Wildman–Crippen MR) is 87.3 cm³/mol. The first kappa shape index (κ1) is 14.9. The third kappa shape index (κ3) is 3.58. The zero-order chi connectivity index (χ0) is 15.4. The highest BCUT2D eigenvalue weighted by atomic mass is 32.2. The highest BCUT2D eigenvalue weighted by Gasteiger charge is 2.09. The van der Waals surface area contributed by atoms with Gasteiger partial charge >= 0.3 is 0 Å². The molecule has 1 unspecified atom stereocenters. The molecule has 0 bridgehead atoms. The Morgan fingerprint density at radius 2 is 2.09 bits per heavy atom. The van der Waals surface area contributed by atoms with Crippen molar-refractivity contribution < 1.29 is 9.84 Å². The molecule has 2 N–H and O–H groups in total. The number of aromatic nitrogens is 3. The number of H-pyrrole nitrogens is 1. The molecule has 5 nitrogen and oxygen atoms in total. The van der Waals surface area contributed by atoms with E-state index in [9.17, 15) is 5.11 Å². The summed E-state index contributed by atoms with van der Waals surface area (Å²) in [5, 5.41) is 11.7. The van der Waals surface area contributed by atoms with E-state index in [1.807, 2.05) is 37.4 Å². The van der Waals surface area contributed by atoms with Crippen molar-refractivity contribution in [3.05, 3.63) is 48.4 Å². The van der Waals surface area contributed by atoms with E-state index in [-0.39, 0.29) is 6.61 Å². The van der Waals surface area contributed by atoms with Crippen LogP contribution in [0.4, 0.5) is 0 Å². The van der Waals surface area contributed by atoms with Crippen molar-refractivity contribution in [2.45, 2.75) is 18.2 Å². The Labute approximate surface area is 132 Å². The number of nitrogens with one attached hydrogen (secondary N) is 1. The number of aryl methyl sites for hydroxylation is 1. The number of rotatable bonds is 6. The molecule has 1 aromatic carbocycles. The van der Waals surface area contributed by atoms with E-state index in [1.54, 1.807) is 12.4 Å². The van der Waals surface area contributed by atoms with Crippen molar-refractivity contribution in [2.75, 3.05) is 12.4 Å². The topological polar surface area (TPSA) is 71.0 Å². The van der Waals surface area contributed by atoms with Crippen LogP contribution in [-0.2, 0) is 0 Å². The number of benzene rings is 1. The largest absolute Gasteiger partial charge is 0.490 e. The highest BCUT2D eigenvalue weighted by molar-refractivity contribution is 7.99. The van der Waals surface area contributed by atoms with Gasteiger partial charge in [0, 0.05) is 35.2 Å². The summed E-state index contributed by atoms with van der Waals surface area (Å²) < 4.78 is 5.72. The monoisotopic (exact) mass is 315 g/mol. The molecule has 0 radical (unpaired) electrons. The molecule has 0 amide bonds. The van der Waals surface area contributed by atoms with Gasteiger partial charge in [0.15, 0.2) is 5.16 Å². The first-order valence-corrected chi connectivity index (χ1v) is 7.99. The Kier molecular flexibility index (Phi) is 4.60. The average molecular weight is 315 g/mol. The summed E-state index contributed by atoms with van der Waals surface area (Å²) in [6.45, 7) is 2.18. The van der Waals surface area contributed by atoms with Crippen molar-refractivity contribution >= 4 is 22.7 Å². The molecule has 1 atom stereocenters. The summed E-state index contributed by atoms with van der Waals surface area (Å²) in [7, 11) is 0. The SMILES string of the molecule is Cc1cnc(SCC(O)COc2cccc3[nH]ccc23)nc1. The van der Waals surface area contributed by atoms with E-state index in [4.69, 9.17) is 4.74 Å². The number of fused-ring (bicyclic) bond motifs is 1. The lowest BCUT2D eigenvalue weighted by molar-refractivity contribution is 0.127. The van der Waals surface area contributed by atoms with E-state index in [1.165, 1.54) is 11.8 Å². The highest BCUT2D eigenvalue weighted by Crippen LogP contribution is 2.24. The van der Waals surface area contributed by atoms with Gasteiger partial charge < -0.3 is 14.8 Å². The van der Waals surface area contributed by atoms with Gasteiger partial charge in [-0.2, -0.15) is 0 Å². The fourth-order valence-electron chi connectivity index (χ4n) is 2.04. The molecule has 114 valence electrons. The van der Waals surface area contributed by atoms with Crippen molar-refractivity contribution in [3.8, 4) is 5.75 Å². The minimum atomic E-state index is -0.580. The summed E-state index contributed by atoms with van der Waals surface area (Å²) in [6, 6.07) is 7.78. The maximum atomic E-state index is 10.0. The molecular formula is C16H17N3O2S. The minimum absolute atomic E-state index is 0.239. The Hall–Kier alpha value is -2.05. The van der Waals surface area contributed by atoms with Gasteiger partial charge in [-0.25, -0.2) is 9.97 Å². The molecule has 2 aromatic heterocycles. The zero-order valence-corrected chi connectivity index (χ0v) is 13.0. The van der Waals surface area contributed by atoms with Gasteiger partial charge in [-0.3, -0.25) is 0 Å². The minimum Gasteiger partial charge on any atom is -0.490 e. The zero-order valence-electron chi connectivity index (χ0n) is 12.2. The van der Waals surface area contributed by atoms with Gasteiger partial charge in [0.2, 0.25) is 0 Å². The second-order valence-corrected chi connectivity index (χ2v) is 6.00. The van der Waals surface area contributed by atoms with Crippen LogP contribution in [0.5, 0.6) is 5.75 Å². The lowest BCUT2D eigenvalue weighted by atomic mass is 10.2. The molecule has 0 aliphatic carbocycles. The third-order valence-corrected chi connectivity index (χ3v) is 4.17. The van der Waals surface area contributed by atoms with Crippen LogP contribution in [0.3, 0.4) is 0 Å². The quantitative estimate of drug-likeness (QED) is 0.540. The first-order chi connectivity index (χ1) is 10.7. The third-order valence-electron chi connectivity index (χ3n) is 3.15. The van der Waals surface area contributed by atoms with Gasteiger partial charge in [0.25, 0.3) is 0 Å². The molecule has 22 heavy (non-hydrogen) atoms. The van der Waals surface area contributed by atoms with Crippen LogP contribution in [0.2, 0.25) is 0 Å². The molecule has 3 aromatic rings. The molecule has 0 fully saturated rings. The van der Waals surface area contributed by atoms with Crippen molar-refractivity contribution in [1.29, 1.82) is 0 Å². The Balaban J connectivity index is 1.53. The van der Waals surface area contributed by atoms with Crippen molar-refractivity contribution in [1.82, 2.24) is 15.0 Å². The number of thioether (sulfide) groups is 1. The maximum absolute atomic E-state index is 10.0. The Morgan fingerprint density at radius 1 is 1.27 bits per heavy atom. The molecule has 0 saturated carbocycles. The smallest absolute Gasteiger partial charge is 0.187 e. The number of aromatic amines is 1. The second-order valence-electron chi connectivity index (χ2n) is 5.01. The van der Waals surface area contributed by atoms with Crippen LogP contribution in [-0.4, -0.2) is 38.5 Å². The van der Waals surface area contributed by atoms with E-state index in [0.29, 0.717) is 10.9 Å². The van der Waals surface area contributed by atoms with Crippen LogP contribution in [0, 0.1) is 6.92 Å². The average Bonchev–Trinajstić information content (AvgIpc) is 3.01. The molecular weight excluding hydrogens is 298 g/mol. The lowest BCUT2D eigenvalue weighted by Gasteiger charge is -2.12. The molecule has 0 aliphatic rings. The number of nitrogens with zero attached hydrogens (tertiary/aromatic N) is 2. The summed E-state index contributed by atoms with van der Waals surface area (Å²) in [5.41, 5.74) is 2.04. The van der Waals surface area contributed by atoms with E-state index in [2.05, 4.69) is 15.0 Å². The number of aliphatic hydroxyl groups excluding tert-OH is 1. The fourth-order valence-corrected chi connectivity index (χ4v) is 2.73. The van der Waals surface area contributed by atoms with Crippen molar-refractivity contribution in [3.63, 3.8) is 0 Å². The molecule has 6 heteroatoms. The van der Waals surface area contributed by atoms with Crippen LogP contribution < -0.4 is 4.74 Å². The van der Waals surface area contributed by atoms with E-state index < -0.39 is 6.10 Å². The number of aliphatic hydroxyl groups is 1.